The average Bonchev–Trinajstić information content (AvgIpc) is 2.71. The van der Waals surface area contributed by atoms with Gasteiger partial charge in [-0.25, -0.2) is 4.68 Å². The van der Waals surface area contributed by atoms with E-state index in [1.54, 1.807) is 11.8 Å². The number of nitrogen functional groups attached to an aromatic ring is 1. The van der Waals surface area contributed by atoms with Gasteiger partial charge < -0.3 is 10.5 Å². The summed E-state index contributed by atoms with van der Waals surface area (Å²) in [6.07, 6.45) is 0.882. The third kappa shape index (κ3) is 1.86. The van der Waals surface area contributed by atoms with Gasteiger partial charge in [-0.05, 0) is 30.7 Å². The van der Waals surface area contributed by atoms with Crippen LogP contribution in [-0.2, 0) is 6.42 Å². The molecule has 0 unspecified atom stereocenters. The molecule has 1 aromatic heterocycles. The van der Waals surface area contributed by atoms with Gasteiger partial charge in [0.2, 0.25) is 0 Å². The molecule has 0 aliphatic heterocycles. The highest BCUT2D eigenvalue weighted by Gasteiger charge is 2.05. The van der Waals surface area contributed by atoms with Crippen LogP contribution in [0.25, 0.3) is 5.69 Å². The van der Waals surface area contributed by atoms with Crippen molar-refractivity contribution in [2.24, 2.45) is 0 Å². The maximum atomic E-state index is 5.89. The molecule has 0 radical (unpaired) electrons. The van der Waals surface area contributed by atoms with Gasteiger partial charge in [0.1, 0.15) is 11.6 Å². The lowest BCUT2D eigenvalue weighted by atomic mass is 10.3. The molecule has 2 rings (SSSR count). The lowest BCUT2D eigenvalue weighted by Crippen LogP contribution is -2.01. The van der Waals surface area contributed by atoms with Gasteiger partial charge in [0.15, 0.2) is 0 Å². The second kappa shape index (κ2) is 4.26. The molecule has 0 aliphatic rings. The van der Waals surface area contributed by atoms with Crippen LogP contribution in [0, 0.1) is 0 Å². The topological polar surface area (TPSA) is 53.1 Å². The third-order valence-corrected chi connectivity index (χ3v) is 2.47. The van der Waals surface area contributed by atoms with Crippen LogP contribution in [0.2, 0.25) is 0 Å². The van der Waals surface area contributed by atoms with Gasteiger partial charge in [0, 0.05) is 6.07 Å². The number of aryl methyl sites for hydroxylation is 1. The minimum Gasteiger partial charge on any atom is -0.497 e. The molecule has 4 nitrogen and oxygen atoms in total. The van der Waals surface area contributed by atoms with Crippen LogP contribution in [0.15, 0.2) is 30.3 Å². The number of benzene rings is 1. The van der Waals surface area contributed by atoms with E-state index in [0.29, 0.717) is 5.82 Å². The van der Waals surface area contributed by atoms with Crippen LogP contribution in [-0.4, -0.2) is 16.9 Å². The van der Waals surface area contributed by atoms with Crippen molar-refractivity contribution in [1.29, 1.82) is 0 Å². The maximum absolute atomic E-state index is 5.89. The average molecular weight is 217 g/mol. The summed E-state index contributed by atoms with van der Waals surface area (Å²) in [5.74, 6) is 1.48. The molecule has 1 aromatic carbocycles. The Bertz CT molecular complexity index is 474. The lowest BCUT2D eigenvalue weighted by Gasteiger charge is -2.05. The van der Waals surface area contributed by atoms with Crippen molar-refractivity contribution < 1.29 is 4.74 Å². The zero-order valence-electron chi connectivity index (χ0n) is 9.47. The van der Waals surface area contributed by atoms with Crippen LogP contribution in [0.4, 0.5) is 5.82 Å². The van der Waals surface area contributed by atoms with Crippen molar-refractivity contribution in [3.63, 3.8) is 0 Å². The molecule has 0 amide bonds. The Balaban J connectivity index is 2.38. The van der Waals surface area contributed by atoms with E-state index in [4.69, 9.17) is 10.5 Å². The Morgan fingerprint density at radius 3 is 2.50 bits per heavy atom. The number of nitrogens with zero attached hydrogens (tertiary/aromatic N) is 2. The number of aromatic nitrogens is 2. The zero-order valence-corrected chi connectivity index (χ0v) is 9.47. The zero-order chi connectivity index (χ0) is 11.5. The molecule has 0 spiro atoms. The molecule has 0 saturated heterocycles. The number of nitrogens with two attached hydrogens (primary N) is 1. The molecule has 0 atom stereocenters. The summed E-state index contributed by atoms with van der Waals surface area (Å²) in [5, 5.41) is 4.40. The van der Waals surface area contributed by atoms with Gasteiger partial charge >= 0.3 is 0 Å². The van der Waals surface area contributed by atoms with Crippen molar-refractivity contribution >= 4 is 5.82 Å². The maximum Gasteiger partial charge on any atom is 0.127 e. The normalized spacial score (nSPS) is 10.4. The molecule has 1 heterocycles. The summed E-state index contributed by atoms with van der Waals surface area (Å²) in [6, 6.07) is 9.54. The smallest absolute Gasteiger partial charge is 0.127 e. The van der Waals surface area contributed by atoms with Crippen molar-refractivity contribution in [3.8, 4) is 11.4 Å². The fourth-order valence-corrected chi connectivity index (χ4v) is 1.55. The van der Waals surface area contributed by atoms with Gasteiger partial charge in [-0.2, -0.15) is 5.10 Å². The number of rotatable bonds is 3. The minimum atomic E-state index is 0.655. The molecular weight excluding hydrogens is 202 g/mol. The summed E-state index contributed by atoms with van der Waals surface area (Å²) >= 11 is 0. The van der Waals surface area contributed by atoms with Gasteiger partial charge in [-0.3, -0.25) is 0 Å². The molecule has 0 bridgehead atoms. The highest BCUT2D eigenvalue weighted by molar-refractivity contribution is 5.44. The van der Waals surface area contributed by atoms with Crippen LogP contribution in [0.5, 0.6) is 5.75 Å². The summed E-state index contributed by atoms with van der Waals surface area (Å²) < 4.78 is 6.84. The van der Waals surface area contributed by atoms with Crippen LogP contribution in [0.1, 0.15) is 12.6 Å². The molecule has 16 heavy (non-hydrogen) atoms. The van der Waals surface area contributed by atoms with E-state index >= 15 is 0 Å². The van der Waals surface area contributed by atoms with Crippen LogP contribution < -0.4 is 10.5 Å². The number of anilines is 1. The fraction of sp³-hybridized carbons (Fsp3) is 0.250. The van der Waals surface area contributed by atoms with Crippen molar-refractivity contribution in [3.05, 3.63) is 36.0 Å². The Morgan fingerprint density at radius 2 is 2.00 bits per heavy atom. The van der Waals surface area contributed by atoms with Crippen LogP contribution in [0.3, 0.4) is 0 Å². The van der Waals surface area contributed by atoms with E-state index < -0.39 is 0 Å². The quantitative estimate of drug-likeness (QED) is 0.855. The number of methoxy groups -OCH3 is 1. The number of hydrogen-bond donors (Lipinski definition) is 1. The van der Waals surface area contributed by atoms with E-state index in [-0.39, 0.29) is 0 Å². The number of hydrogen-bond acceptors (Lipinski definition) is 3. The lowest BCUT2D eigenvalue weighted by molar-refractivity contribution is 0.414. The van der Waals surface area contributed by atoms with Gasteiger partial charge in [0.05, 0.1) is 18.5 Å². The largest absolute Gasteiger partial charge is 0.497 e. The van der Waals surface area contributed by atoms with E-state index in [9.17, 15) is 0 Å². The first kappa shape index (κ1) is 10.5. The first-order valence-corrected chi connectivity index (χ1v) is 5.23. The second-order valence-electron chi connectivity index (χ2n) is 3.52. The Kier molecular flexibility index (Phi) is 2.81. The third-order valence-electron chi connectivity index (χ3n) is 2.47. The minimum absolute atomic E-state index is 0.655. The molecule has 0 fully saturated rings. The standard InChI is InChI=1S/C12H15N3O/c1-3-9-8-12(13)15(14-9)10-4-6-11(16-2)7-5-10/h4-8H,3,13H2,1-2H3. The highest BCUT2D eigenvalue weighted by Crippen LogP contribution is 2.18. The molecule has 0 saturated carbocycles. The first-order chi connectivity index (χ1) is 7.74. The van der Waals surface area contributed by atoms with Crippen LogP contribution >= 0.6 is 0 Å². The molecule has 0 aliphatic carbocycles. The van der Waals surface area contributed by atoms with Crippen molar-refractivity contribution in [2.75, 3.05) is 12.8 Å². The SMILES string of the molecule is CCc1cc(N)n(-c2ccc(OC)cc2)n1. The van der Waals surface area contributed by atoms with E-state index in [0.717, 1.165) is 23.6 Å². The summed E-state index contributed by atoms with van der Waals surface area (Å²) in [6.45, 7) is 2.06. The summed E-state index contributed by atoms with van der Waals surface area (Å²) in [5.41, 5.74) is 7.83. The predicted octanol–water partition coefficient (Wildman–Crippen LogP) is 2.03. The van der Waals surface area contributed by atoms with Crippen molar-refractivity contribution in [1.82, 2.24) is 9.78 Å². The van der Waals surface area contributed by atoms with Gasteiger partial charge in [0.25, 0.3) is 0 Å². The molecule has 4 heteroatoms. The second-order valence-corrected chi connectivity index (χ2v) is 3.52. The van der Waals surface area contributed by atoms with E-state index in [1.807, 2.05) is 30.3 Å². The van der Waals surface area contributed by atoms with Gasteiger partial charge in [-0.15, -0.1) is 0 Å². The molecule has 2 N–H and O–H groups in total. The molecule has 84 valence electrons. The Hall–Kier alpha value is -1.97. The monoisotopic (exact) mass is 217 g/mol. The summed E-state index contributed by atoms with van der Waals surface area (Å²) in [7, 11) is 1.65. The highest BCUT2D eigenvalue weighted by atomic mass is 16.5. The molecular formula is C12H15N3O. The molecule has 2 aromatic rings. The fourth-order valence-electron chi connectivity index (χ4n) is 1.55. The number of ether oxygens (including phenoxy) is 1. The van der Waals surface area contributed by atoms with Gasteiger partial charge in [-0.1, -0.05) is 6.92 Å². The Labute approximate surface area is 94.6 Å². The summed E-state index contributed by atoms with van der Waals surface area (Å²) in [4.78, 5) is 0. The Morgan fingerprint density at radius 1 is 1.31 bits per heavy atom. The van der Waals surface area contributed by atoms with E-state index in [1.165, 1.54) is 0 Å². The van der Waals surface area contributed by atoms with Crippen molar-refractivity contribution in [2.45, 2.75) is 13.3 Å². The predicted molar refractivity (Wildman–Crippen MR) is 63.9 cm³/mol. The van der Waals surface area contributed by atoms with E-state index in [2.05, 4.69) is 12.0 Å². The first-order valence-electron chi connectivity index (χ1n) is 5.23.